The van der Waals surface area contributed by atoms with Crippen LogP contribution in [0.4, 0.5) is 4.79 Å². The summed E-state index contributed by atoms with van der Waals surface area (Å²) in [5.41, 5.74) is 1.88. The highest BCUT2D eigenvalue weighted by atomic mass is 79.9. The molecule has 1 aliphatic heterocycles. The number of nitrogens with one attached hydrogen (secondary N) is 1. The van der Waals surface area contributed by atoms with Gasteiger partial charge in [-0.2, -0.15) is 0 Å². The Morgan fingerprint density at radius 1 is 1.21 bits per heavy atom. The van der Waals surface area contributed by atoms with Crippen LogP contribution < -0.4 is 14.8 Å². The van der Waals surface area contributed by atoms with Gasteiger partial charge < -0.3 is 14.8 Å². The maximum atomic E-state index is 12.4. The van der Waals surface area contributed by atoms with Gasteiger partial charge in [0.25, 0.3) is 5.91 Å². The van der Waals surface area contributed by atoms with E-state index in [4.69, 9.17) is 21.1 Å². The molecule has 1 aliphatic rings. The minimum Gasteiger partial charge on any atom is -0.493 e. The van der Waals surface area contributed by atoms with E-state index in [1.165, 1.54) is 4.90 Å². The van der Waals surface area contributed by atoms with E-state index < -0.39 is 6.03 Å². The number of imide groups is 1. The molecule has 152 valence electrons. The zero-order valence-corrected chi connectivity index (χ0v) is 18.3. The third-order valence-electron chi connectivity index (χ3n) is 4.27. The zero-order valence-electron chi connectivity index (χ0n) is 16.0. The Morgan fingerprint density at radius 2 is 1.93 bits per heavy atom. The fourth-order valence-electron chi connectivity index (χ4n) is 2.86. The number of carbonyl (C=O) groups excluding carboxylic acids is 2. The quantitative estimate of drug-likeness (QED) is 0.449. The Hall–Kier alpha value is -2.51. The van der Waals surface area contributed by atoms with Gasteiger partial charge in [-0.3, -0.25) is 9.69 Å². The lowest BCUT2D eigenvalue weighted by molar-refractivity contribution is -0.122. The molecule has 0 radical (unpaired) electrons. The summed E-state index contributed by atoms with van der Waals surface area (Å²) in [7, 11) is 1.54. The topological polar surface area (TPSA) is 67.9 Å². The van der Waals surface area contributed by atoms with E-state index in [9.17, 15) is 9.59 Å². The number of nitrogens with zero attached hydrogens (tertiary/aromatic N) is 1. The van der Waals surface area contributed by atoms with Gasteiger partial charge in [0, 0.05) is 11.6 Å². The first kappa shape index (κ1) is 21.2. The number of carbonyl (C=O) groups is 2. The van der Waals surface area contributed by atoms with Crippen LogP contribution in [0.1, 0.15) is 24.5 Å². The summed E-state index contributed by atoms with van der Waals surface area (Å²) in [5, 5.41) is 3.27. The summed E-state index contributed by atoms with van der Waals surface area (Å²) in [4.78, 5) is 25.5. The first-order chi connectivity index (χ1) is 13.9. The van der Waals surface area contributed by atoms with Crippen molar-refractivity contribution in [1.82, 2.24) is 10.2 Å². The molecule has 0 saturated carbocycles. The standard InChI is InChI=1S/C21H20BrClN2O4/c1-3-8-25-20(26)17(24-21(25)27)10-14-9-16(22)19(18(11-14)28-2)29-12-13-4-6-15(23)7-5-13/h4-7,9-11H,3,8,12H2,1-2H3,(H,24,27)/b17-10+. The number of hydrogen-bond donors (Lipinski definition) is 1. The minimum atomic E-state index is -0.406. The minimum absolute atomic E-state index is 0.229. The van der Waals surface area contributed by atoms with E-state index in [0.717, 1.165) is 5.56 Å². The van der Waals surface area contributed by atoms with E-state index in [1.54, 1.807) is 37.5 Å². The van der Waals surface area contributed by atoms with Crippen LogP contribution in [-0.2, 0) is 11.4 Å². The Morgan fingerprint density at radius 3 is 2.59 bits per heavy atom. The Balaban J connectivity index is 1.82. The van der Waals surface area contributed by atoms with Gasteiger partial charge in [-0.15, -0.1) is 0 Å². The molecule has 1 N–H and O–H groups in total. The molecule has 2 aromatic carbocycles. The van der Waals surface area contributed by atoms with Crippen LogP contribution in [0.15, 0.2) is 46.6 Å². The van der Waals surface area contributed by atoms with E-state index in [1.807, 2.05) is 19.1 Å². The number of benzene rings is 2. The number of halogens is 2. The van der Waals surface area contributed by atoms with Crippen LogP contribution in [0.3, 0.4) is 0 Å². The molecule has 1 fully saturated rings. The Labute approximate surface area is 182 Å². The summed E-state index contributed by atoms with van der Waals surface area (Å²) >= 11 is 9.41. The summed E-state index contributed by atoms with van der Waals surface area (Å²) in [6, 6.07) is 10.5. The first-order valence-electron chi connectivity index (χ1n) is 9.02. The number of hydrogen-bond acceptors (Lipinski definition) is 4. The molecule has 0 spiro atoms. The van der Waals surface area contributed by atoms with Gasteiger partial charge in [0.1, 0.15) is 12.3 Å². The number of rotatable bonds is 7. The zero-order chi connectivity index (χ0) is 21.0. The Bertz CT molecular complexity index is 960. The van der Waals surface area contributed by atoms with Crippen LogP contribution in [-0.4, -0.2) is 30.5 Å². The normalized spacial score (nSPS) is 15.0. The lowest BCUT2D eigenvalue weighted by Gasteiger charge is -2.14. The van der Waals surface area contributed by atoms with Crippen molar-refractivity contribution in [3.63, 3.8) is 0 Å². The predicted molar refractivity (Wildman–Crippen MR) is 115 cm³/mol. The maximum absolute atomic E-state index is 12.4. The van der Waals surface area contributed by atoms with E-state index in [2.05, 4.69) is 21.2 Å². The fourth-order valence-corrected chi connectivity index (χ4v) is 3.56. The summed E-state index contributed by atoms with van der Waals surface area (Å²) < 4.78 is 12.0. The average Bonchev–Trinajstić information content (AvgIpc) is 2.96. The predicted octanol–water partition coefficient (Wildman–Crippen LogP) is 4.99. The van der Waals surface area contributed by atoms with E-state index in [-0.39, 0.29) is 11.6 Å². The average molecular weight is 480 g/mol. The molecule has 0 aromatic heterocycles. The van der Waals surface area contributed by atoms with Crippen LogP contribution in [0, 0.1) is 0 Å². The van der Waals surface area contributed by atoms with Crippen LogP contribution in [0.2, 0.25) is 5.02 Å². The van der Waals surface area contributed by atoms with Gasteiger partial charge in [-0.1, -0.05) is 30.7 Å². The largest absolute Gasteiger partial charge is 0.493 e. The lowest BCUT2D eigenvalue weighted by Crippen LogP contribution is -2.31. The second kappa shape index (κ2) is 9.33. The SMILES string of the molecule is CCCN1C(=O)N/C(=C/c2cc(Br)c(OCc3ccc(Cl)cc3)c(OC)c2)C1=O. The van der Waals surface area contributed by atoms with Gasteiger partial charge in [-0.05, 0) is 63.8 Å². The van der Waals surface area contributed by atoms with Gasteiger partial charge >= 0.3 is 6.03 Å². The third-order valence-corrected chi connectivity index (χ3v) is 5.11. The van der Waals surface area contributed by atoms with Crippen molar-refractivity contribution in [1.29, 1.82) is 0 Å². The first-order valence-corrected chi connectivity index (χ1v) is 10.2. The highest BCUT2D eigenvalue weighted by molar-refractivity contribution is 9.10. The molecule has 29 heavy (non-hydrogen) atoms. The number of ether oxygens (including phenoxy) is 2. The number of urea groups is 1. The van der Waals surface area contributed by atoms with Gasteiger partial charge in [-0.25, -0.2) is 4.79 Å². The van der Waals surface area contributed by atoms with Gasteiger partial charge in [0.15, 0.2) is 11.5 Å². The van der Waals surface area contributed by atoms with Gasteiger partial charge in [0.05, 0.1) is 11.6 Å². The lowest BCUT2D eigenvalue weighted by atomic mass is 10.1. The second-order valence-electron chi connectivity index (χ2n) is 6.39. The Kier molecular flexibility index (Phi) is 6.82. The second-order valence-corrected chi connectivity index (χ2v) is 7.68. The van der Waals surface area contributed by atoms with Crippen molar-refractivity contribution in [3.05, 3.63) is 62.7 Å². The molecule has 0 aliphatic carbocycles. The van der Waals surface area contributed by atoms with Crippen LogP contribution >= 0.6 is 27.5 Å². The van der Waals surface area contributed by atoms with Crippen molar-refractivity contribution in [2.45, 2.75) is 20.0 Å². The van der Waals surface area contributed by atoms with Gasteiger partial charge in [0.2, 0.25) is 0 Å². The number of methoxy groups -OCH3 is 1. The molecule has 3 rings (SSSR count). The van der Waals surface area contributed by atoms with Crippen LogP contribution in [0.5, 0.6) is 11.5 Å². The molecule has 0 bridgehead atoms. The van der Waals surface area contributed by atoms with Crippen LogP contribution in [0.25, 0.3) is 6.08 Å². The highest BCUT2D eigenvalue weighted by Gasteiger charge is 2.32. The van der Waals surface area contributed by atoms with E-state index in [0.29, 0.717) is 46.1 Å². The monoisotopic (exact) mass is 478 g/mol. The molecule has 8 heteroatoms. The summed E-state index contributed by atoms with van der Waals surface area (Å²) in [6.07, 6.45) is 2.32. The van der Waals surface area contributed by atoms with Crippen molar-refractivity contribution < 1.29 is 19.1 Å². The van der Waals surface area contributed by atoms with Crippen molar-refractivity contribution in [2.75, 3.05) is 13.7 Å². The molecule has 1 saturated heterocycles. The molecular weight excluding hydrogens is 460 g/mol. The molecule has 1 heterocycles. The molecule has 0 atom stereocenters. The van der Waals surface area contributed by atoms with Crippen molar-refractivity contribution in [2.24, 2.45) is 0 Å². The highest BCUT2D eigenvalue weighted by Crippen LogP contribution is 2.38. The maximum Gasteiger partial charge on any atom is 0.329 e. The third kappa shape index (κ3) is 4.92. The molecule has 2 aromatic rings. The molecular formula is C21H20BrClN2O4. The molecule has 0 unspecified atom stereocenters. The van der Waals surface area contributed by atoms with E-state index >= 15 is 0 Å². The fraction of sp³-hybridized carbons (Fsp3) is 0.238. The summed E-state index contributed by atoms with van der Waals surface area (Å²) in [6.45, 7) is 2.63. The van der Waals surface area contributed by atoms with Crippen molar-refractivity contribution >= 4 is 45.5 Å². The molecule has 6 nitrogen and oxygen atoms in total. The summed E-state index contributed by atoms with van der Waals surface area (Å²) in [5.74, 6) is 0.705. The smallest absolute Gasteiger partial charge is 0.329 e. The number of amides is 3. The molecule has 3 amide bonds. The van der Waals surface area contributed by atoms with Crippen molar-refractivity contribution in [3.8, 4) is 11.5 Å².